The molecule has 1 saturated heterocycles. The van der Waals surface area contributed by atoms with Crippen LogP contribution in [0.3, 0.4) is 0 Å². The largest absolute Gasteiger partial charge is 0.374 e. The summed E-state index contributed by atoms with van der Waals surface area (Å²) in [4.78, 5) is 24.6. The monoisotopic (exact) mass is 544 g/mol. The van der Waals surface area contributed by atoms with Gasteiger partial charge in [-0.2, -0.15) is 0 Å². The van der Waals surface area contributed by atoms with Crippen molar-refractivity contribution in [2.24, 2.45) is 5.92 Å². The van der Waals surface area contributed by atoms with Crippen LogP contribution in [0.2, 0.25) is 0 Å². The number of aryl methyl sites for hydroxylation is 2. The number of benzene rings is 1. The number of aromatic nitrogens is 2. The molecule has 0 spiro atoms. The number of aliphatic hydroxyl groups is 2. The van der Waals surface area contributed by atoms with Gasteiger partial charge in [-0.15, -0.1) is 0 Å². The number of pyridine rings is 2. The maximum atomic E-state index is 13.0. The number of likely N-dealkylation sites (tertiary alicyclic amines) is 1. The van der Waals surface area contributed by atoms with Crippen molar-refractivity contribution < 1.29 is 15.0 Å². The Morgan fingerprint density at radius 1 is 1.10 bits per heavy atom. The fourth-order valence-electron chi connectivity index (χ4n) is 5.52. The summed E-state index contributed by atoms with van der Waals surface area (Å²) < 4.78 is 0. The highest BCUT2D eigenvalue weighted by molar-refractivity contribution is 5.79. The lowest BCUT2D eigenvalue weighted by Gasteiger charge is -2.32. The van der Waals surface area contributed by atoms with Crippen LogP contribution in [0.15, 0.2) is 60.8 Å². The summed E-state index contributed by atoms with van der Waals surface area (Å²) in [5.74, 6) is 0.889. The van der Waals surface area contributed by atoms with Gasteiger partial charge in [0.1, 0.15) is 5.82 Å². The van der Waals surface area contributed by atoms with Crippen LogP contribution in [0.4, 0.5) is 11.5 Å². The predicted molar refractivity (Wildman–Crippen MR) is 157 cm³/mol. The maximum absolute atomic E-state index is 13.0. The van der Waals surface area contributed by atoms with Gasteiger partial charge in [-0.05, 0) is 75.4 Å². The van der Waals surface area contributed by atoms with Crippen molar-refractivity contribution in [3.8, 4) is 11.3 Å². The van der Waals surface area contributed by atoms with Crippen molar-refractivity contribution in [1.29, 1.82) is 0 Å². The summed E-state index contributed by atoms with van der Waals surface area (Å²) in [5, 5.41) is 29.3. The standard InChI is InChI=1S/C31H40N6O3/c38-30(34-20-28(31(39)40)35-26-14-15-27(33-19-26)22-7-2-1-3-8-22)24-10-5-17-37(21-24)18-6-11-25-13-12-23-9-4-16-32-29(23)36-25/h1-3,7-8,12-15,19,24,28,31,35,39-40H,4-6,9-11,16-18,20-21H2,(H,32,36)(H,34,38)/t24-,28+/m1/s1. The quantitative estimate of drug-likeness (QED) is 0.234. The van der Waals surface area contributed by atoms with E-state index < -0.39 is 12.3 Å². The molecule has 5 N–H and O–H groups in total. The van der Waals surface area contributed by atoms with E-state index in [2.05, 4.69) is 38.0 Å². The van der Waals surface area contributed by atoms with E-state index in [9.17, 15) is 15.0 Å². The van der Waals surface area contributed by atoms with Gasteiger partial charge in [0.2, 0.25) is 5.91 Å². The minimum atomic E-state index is -1.63. The van der Waals surface area contributed by atoms with Crippen molar-refractivity contribution in [1.82, 2.24) is 20.2 Å². The first-order valence-electron chi connectivity index (χ1n) is 14.4. The van der Waals surface area contributed by atoms with E-state index in [0.29, 0.717) is 5.69 Å². The average Bonchev–Trinajstić information content (AvgIpc) is 3.00. The Morgan fingerprint density at radius 3 is 2.77 bits per heavy atom. The third-order valence-corrected chi connectivity index (χ3v) is 7.78. The van der Waals surface area contributed by atoms with E-state index in [4.69, 9.17) is 4.98 Å². The Balaban J connectivity index is 1.07. The smallest absolute Gasteiger partial charge is 0.224 e. The Bertz CT molecular complexity index is 1240. The van der Waals surface area contributed by atoms with Crippen molar-refractivity contribution >= 4 is 17.4 Å². The molecule has 0 bridgehead atoms. The molecule has 0 radical (unpaired) electrons. The molecule has 2 aliphatic rings. The molecule has 2 aromatic heterocycles. The fourth-order valence-corrected chi connectivity index (χ4v) is 5.52. The SMILES string of the molecule is O=C(NC[C@H](Nc1ccc(-c2ccccc2)nc1)C(O)O)[C@@H]1CCCN(CCCc2ccc3c(n2)NCCC3)C1. The number of piperidine rings is 1. The van der Waals surface area contributed by atoms with Gasteiger partial charge in [0.25, 0.3) is 0 Å². The molecule has 1 aromatic carbocycles. The lowest BCUT2D eigenvalue weighted by Crippen LogP contribution is -2.48. The summed E-state index contributed by atoms with van der Waals surface area (Å²) in [6.45, 7) is 3.74. The Labute approximate surface area is 236 Å². The van der Waals surface area contributed by atoms with Crippen LogP contribution in [-0.4, -0.2) is 76.0 Å². The minimum Gasteiger partial charge on any atom is -0.374 e. The number of hydrogen-bond acceptors (Lipinski definition) is 8. The van der Waals surface area contributed by atoms with E-state index in [1.807, 2.05) is 42.5 Å². The molecule has 0 aliphatic carbocycles. The lowest BCUT2D eigenvalue weighted by atomic mass is 9.96. The molecule has 5 rings (SSSR count). The number of nitrogens with one attached hydrogen (secondary N) is 3. The molecule has 40 heavy (non-hydrogen) atoms. The summed E-state index contributed by atoms with van der Waals surface area (Å²) in [6, 6.07) is 17.2. The zero-order valence-corrected chi connectivity index (χ0v) is 22.9. The van der Waals surface area contributed by atoms with Gasteiger partial charge >= 0.3 is 0 Å². The number of fused-ring (bicyclic) bond motifs is 1. The predicted octanol–water partition coefficient (Wildman–Crippen LogP) is 3.05. The van der Waals surface area contributed by atoms with Gasteiger partial charge in [0, 0.05) is 30.9 Å². The highest BCUT2D eigenvalue weighted by atomic mass is 16.5. The summed E-state index contributed by atoms with van der Waals surface area (Å²) in [7, 11) is 0. The van der Waals surface area contributed by atoms with Crippen molar-refractivity contribution in [2.45, 2.75) is 50.9 Å². The summed E-state index contributed by atoms with van der Waals surface area (Å²) in [6.07, 6.45) is 6.02. The van der Waals surface area contributed by atoms with Gasteiger partial charge in [0.05, 0.1) is 29.5 Å². The molecule has 212 valence electrons. The molecule has 0 unspecified atom stereocenters. The molecule has 4 heterocycles. The van der Waals surface area contributed by atoms with Gasteiger partial charge < -0.3 is 31.1 Å². The zero-order valence-electron chi connectivity index (χ0n) is 22.9. The molecule has 9 heteroatoms. The number of amides is 1. The van der Waals surface area contributed by atoms with E-state index in [-0.39, 0.29) is 18.4 Å². The van der Waals surface area contributed by atoms with Crippen molar-refractivity contribution in [2.75, 3.05) is 43.4 Å². The highest BCUT2D eigenvalue weighted by Gasteiger charge is 2.27. The first-order chi connectivity index (χ1) is 19.5. The number of carbonyl (C=O) groups is 1. The van der Waals surface area contributed by atoms with Crippen LogP contribution in [-0.2, 0) is 17.6 Å². The van der Waals surface area contributed by atoms with Crippen molar-refractivity contribution in [3.05, 3.63) is 72.1 Å². The molecule has 2 aliphatic heterocycles. The second-order valence-corrected chi connectivity index (χ2v) is 10.8. The Kier molecular flexibility index (Phi) is 9.59. The summed E-state index contributed by atoms with van der Waals surface area (Å²) in [5.41, 5.74) is 4.92. The maximum Gasteiger partial charge on any atom is 0.224 e. The number of anilines is 2. The van der Waals surface area contributed by atoms with E-state index >= 15 is 0 Å². The Morgan fingerprint density at radius 2 is 1.98 bits per heavy atom. The molecule has 2 atom stereocenters. The number of carbonyl (C=O) groups excluding carboxylic acids is 1. The lowest BCUT2D eigenvalue weighted by molar-refractivity contribution is -0.127. The van der Waals surface area contributed by atoms with Crippen LogP contribution >= 0.6 is 0 Å². The normalized spacial score (nSPS) is 18.0. The van der Waals surface area contributed by atoms with Gasteiger partial charge in [-0.3, -0.25) is 9.78 Å². The minimum absolute atomic E-state index is 0.0443. The third-order valence-electron chi connectivity index (χ3n) is 7.78. The molecule has 1 amide bonds. The third kappa shape index (κ3) is 7.56. The van der Waals surface area contributed by atoms with Crippen LogP contribution in [0.1, 0.15) is 36.9 Å². The van der Waals surface area contributed by atoms with Gasteiger partial charge in [0.15, 0.2) is 6.29 Å². The second kappa shape index (κ2) is 13.7. The molecule has 0 saturated carbocycles. The average molecular weight is 545 g/mol. The number of nitrogens with zero attached hydrogens (tertiary/aromatic N) is 3. The van der Waals surface area contributed by atoms with Crippen LogP contribution in [0.5, 0.6) is 0 Å². The van der Waals surface area contributed by atoms with E-state index in [0.717, 1.165) is 87.5 Å². The zero-order chi connectivity index (χ0) is 27.7. The topological polar surface area (TPSA) is 123 Å². The first kappa shape index (κ1) is 28.0. The molecule has 3 aromatic rings. The van der Waals surface area contributed by atoms with Gasteiger partial charge in [-0.1, -0.05) is 36.4 Å². The molecular formula is C31H40N6O3. The highest BCUT2D eigenvalue weighted by Crippen LogP contribution is 2.22. The van der Waals surface area contributed by atoms with Gasteiger partial charge in [-0.25, -0.2) is 4.98 Å². The molecule has 1 fully saturated rings. The second-order valence-electron chi connectivity index (χ2n) is 10.8. The summed E-state index contributed by atoms with van der Waals surface area (Å²) >= 11 is 0. The number of hydrogen-bond donors (Lipinski definition) is 5. The first-order valence-corrected chi connectivity index (χ1v) is 14.4. The van der Waals surface area contributed by atoms with Crippen LogP contribution < -0.4 is 16.0 Å². The fraction of sp³-hybridized carbons (Fsp3) is 0.452. The van der Waals surface area contributed by atoms with Crippen molar-refractivity contribution in [3.63, 3.8) is 0 Å². The van der Waals surface area contributed by atoms with E-state index in [1.165, 1.54) is 5.56 Å². The van der Waals surface area contributed by atoms with Crippen LogP contribution in [0.25, 0.3) is 11.3 Å². The molecule has 9 nitrogen and oxygen atoms in total. The van der Waals surface area contributed by atoms with E-state index in [1.54, 1.807) is 6.20 Å². The molecular weight excluding hydrogens is 504 g/mol. The van der Waals surface area contributed by atoms with Crippen LogP contribution in [0, 0.1) is 5.92 Å². The Hall–Kier alpha value is -3.53. The number of aliphatic hydroxyl groups excluding tert-OH is 1. The number of rotatable bonds is 11.